The number of aliphatic carboxylic acids is 1. The average Bonchev–Trinajstić information content (AvgIpc) is 2.01. The molecule has 0 aliphatic heterocycles. The molecule has 14 heavy (non-hydrogen) atoms. The molecule has 1 aliphatic carbocycles. The molecule has 0 atom stereocenters. The number of hydrogen-bond acceptors (Lipinski definition) is 3. The highest BCUT2D eigenvalue weighted by Gasteiger charge is 2.44. The van der Waals surface area contributed by atoms with Gasteiger partial charge in [-0.25, -0.2) is 8.42 Å². The summed E-state index contributed by atoms with van der Waals surface area (Å²) < 4.78 is 22.4. The van der Waals surface area contributed by atoms with Gasteiger partial charge in [-0.05, 0) is 19.3 Å². The molecule has 0 aromatic rings. The van der Waals surface area contributed by atoms with Crippen LogP contribution in [0.2, 0.25) is 0 Å². The van der Waals surface area contributed by atoms with Gasteiger partial charge < -0.3 is 5.11 Å². The number of carbonyl (C=O) groups is 1. The van der Waals surface area contributed by atoms with E-state index in [-0.39, 0.29) is 17.9 Å². The van der Waals surface area contributed by atoms with Crippen LogP contribution in [0.1, 0.15) is 32.6 Å². The van der Waals surface area contributed by atoms with Crippen molar-refractivity contribution in [1.82, 2.24) is 0 Å². The Hall–Kier alpha value is -0.580. The van der Waals surface area contributed by atoms with Gasteiger partial charge in [-0.3, -0.25) is 4.79 Å². The molecule has 1 N–H and O–H groups in total. The summed E-state index contributed by atoms with van der Waals surface area (Å²) in [5, 5.41) is 8.96. The predicted octanol–water partition coefficient (Wildman–Crippen LogP) is 1.07. The molecule has 4 nitrogen and oxygen atoms in total. The number of sulfone groups is 1. The van der Waals surface area contributed by atoms with Crippen LogP contribution >= 0.6 is 0 Å². The van der Waals surface area contributed by atoms with E-state index in [1.165, 1.54) is 0 Å². The highest BCUT2D eigenvalue weighted by Crippen LogP contribution is 2.44. The normalized spacial score (nSPS) is 20.1. The van der Waals surface area contributed by atoms with Crippen molar-refractivity contribution in [3.8, 4) is 0 Å². The van der Waals surface area contributed by atoms with Crippen molar-refractivity contribution >= 4 is 15.8 Å². The maximum absolute atomic E-state index is 11.2. The van der Waals surface area contributed by atoms with E-state index in [1.807, 2.05) is 0 Å². The largest absolute Gasteiger partial charge is 0.481 e. The van der Waals surface area contributed by atoms with Crippen molar-refractivity contribution in [2.45, 2.75) is 32.6 Å². The van der Waals surface area contributed by atoms with Gasteiger partial charge in [-0.1, -0.05) is 13.3 Å². The molecule has 0 heterocycles. The van der Waals surface area contributed by atoms with E-state index in [4.69, 9.17) is 5.11 Å². The molecule has 1 aliphatic rings. The van der Waals surface area contributed by atoms with Gasteiger partial charge in [0, 0.05) is 5.75 Å². The Kier molecular flexibility index (Phi) is 3.19. The van der Waals surface area contributed by atoms with Crippen LogP contribution in [0.25, 0.3) is 0 Å². The molecule has 0 spiro atoms. The monoisotopic (exact) mass is 220 g/mol. The van der Waals surface area contributed by atoms with Gasteiger partial charge in [0.05, 0.1) is 11.2 Å². The smallest absolute Gasteiger partial charge is 0.309 e. The SMILES string of the molecule is CCS(=O)(=O)CCC1(C(=O)O)CCC1. The van der Waals surface area contributed by atoms with Crippen LogP contribution in [0.4, 0.5) is 0 Å². The zero-order valence-corrected chi connectivity index (χ0v) is 9.14. The maximum Gasteiger partial charge on any atom is 0.309 e. The van der Waals surface area contributed by atoms with Gasteiger partial charge >= 0.3 is 5.97 Å². The Balaban J connectivity index is 2.55. The van der Waals surface area contributed by atoms with Gasteiger partial charge in [0.2, 0.25) is 0 Å². The first-order chi connectivity index (χ1) is 6.42. The lowest BCUT2D eigenvalue weighted by molar-refractivity contribution is -0.154. The van der Waals surface area contributed by atoms with Crippen molar-refractivity contribution in [2.75, 3.05) is 11.5 Å². The predicted molar refractivity (Wildman–Crippen MR) is 52.9 cm³/mol. The van der Waals surface area contributed by atoms with Crippen LogP contribution < -0.4 is 0 Å². The van der Waals surface area contributed by atoms with E-state index in [1.54, 1.807) is 6.92 Å². The summed E-state index contributed by atoms with van der Waals surface area (Å²) in [6.07, 6.45) is 2.43. The van der Waals surface area contributed by atoms with Gasteiger partial charge in [-0.2, -0.15) is 0 Å². The molecule has 1 saturated carbocycles. The standard InChI is InChI=1S/C9H16O4S/c1-2-14(12,13)7-6-9(8(10)11)4-3-5-9/h2-7H2,1H3,(H,10,11). The van der Waals surface area contributed by atoms with Crippen LogP contribution in [0.3, 0.4) is 0 Å². The van der Waals surface area contributed by atoms with Crippen molar-refractivity contribution < 1.29 is 18.3 Å². The van der Waals surface area contributed by atoms with Crippen LogP contribution in [0, 0.1) is 5.41 Å². The molecule has 0 saturated heterocycles. The van der Waals surface area contributed by atoms with Gasteiger partial charge in [0.25, 0.3) is 0 Å². The lowest BCUT2D eigenvalue weighted by Crippen LogP contribution is -2.39. The summed E-state index contributed by atoms with van der Waals surface area (Å²) in [7, 11) is -3.03. The molecule has 0 bridgehead atoms. The molecule has 0 radical (unpaired) electrons. The molecule has 0 aromatic carbocycles. The summed E-state index contributed by atoms with van der Waals surface area (Å²) in [6.45, 7) is 1.59. The average molecular weight is 220 g/mol. The number of rotatable bonds is 5. The fourth-order valence-corrected chi connectivity index (χ4v) is 2.66. The third-order valence-electron chi connectivity index (χ3n) is 3.10. The van der Waals surface area contributed by atoms with Crippen molar-refractivity contribution in [3.63, 3.8) is 0 Å². The zero-order chi connectivity index (χ0) is 10.8. The Morgan fingerprint density at radius 3 is 2.29 bits per heavy atom. The summed E-state index contributed by atoms with van der Waals surface area (Å²) in [4.78, 5) is 10.9. The van der Waals surface area contributed by atoms with E-state index in [0.717, 1.165) is 6.42 Å². The lowest BCUT2D eigenvalue weighted by Gasteiger charge is -2.37. The van der Waals surface area contributed by atoms with Crippen molar-refractivity contribution in [1.29, 1.82) is 0 Å². The lowest BCUT2D eigenvalue weighted by atomic mass is 9.67. The Bertz CT molecular complexity index is 314. The first kappa shape index (κ1) is 11.5. The molecule has 1 fully saturated rings. The van der Waals surface area contributed by atoms with Crippen LogP contribution in [-0.4, -0.2) is 31.0 Å². The van der Waals surface area contributed by atoms with Crippen LogP contribution in [-0.2, 0) is 14.6 Å². The van der Waals surface area contributed by atoms with Crippen molar-refractivity contribution in [3.05, 3.63) is 0 Å². The molecule has 0 unspecified atom stereocenters. The fourth-order valence-electron chi connectivity index (χ4n) is 1.67. The highest BCUT2D eigenvalue weighted by atomic mass is 32.2. The summed E-state index contributed by atoms with van der Waals surface area (Å²) in [5.41, 5.74) is -0.734. The van der Waals surface area contributed by atoms with E-state index >= 15 is 0 Å². The molecule has 0 amide bonds. The Morgan fingerprint density at radius 1 is 1.43 bits per heavy atom. The van der Waals surface area contributed by atoms with E-state index in [2.05, 4.69) is 0 Å². The Labute approximate surface area is 84.2 Å². The first-order valence-corrected chi connectivity index (χ1v) is 6.68. The molecule has 82 valence electrons. The summed E-state index contributed by atoms with van der Waals surface area (Å²) in [5.74, 6) is -0.728. The summed E-state index contributed by atoms with van der Waals surface area (Å²) >= 11 is 0. The third-order valence-corrected chi connectivity index (χ3v) is 4.80. The van der Waals surface area contributed by atoms with Crippen LogP contribution in [0.5, 0.6) is 0 Å². The van der Waals surface area contributed by atoms with Gasteiger partial charge in [-0.15, -0.1) is 0 Å². The Morgan fingerprint density at radius 2 is 2.00 bits per heavy atom. The van der Waals surface area contributed by atoms with Gasteiger partial charge in [0.15, 0.2) is 0 Å². The topological polar surface area (TPSA) is 71.4 Å². The second-order valence-electron chi connectivity index (χ2n) is 3.93. The molecular weight excluding hydrogens is 204 g/mol. The van der Waals surface area contributed by atoms with E-state index in [9.17, 15) is 13.2 Å². The molecule has 1 rings (SSSR count). The minimum absolute atomic E-state index is 0.00972. The molecule has 0 aromatic heterocycles. The van der Waals surface area contributed by atoms with Gasteiger partial charge in [0.1, 0.15) is 9.84 Å². The quantitative estimate of drug-likeness (QED) is 0.752. The minimum atomic E-state index is -3.03. The third kappa shape index (κ3) is 2.26. The van der Waals surface area contributed by atoms with Crippen LogP contribution in [0.15, 0.2) is 0 Å². The second kappa shape index (κ2) is 3.88. The van der Waals surface area contributed by atoms with E-state index in [0.29, 0.717) is 12.8 Å². The first-order valence-electron chi connectivity index (χ1n) is 4.86. The fraction of sp³-hybridized carbons (Fsp3) is 0.889. The number of hydrogen-bond donors (Lipinski definition) is 1. The zero-order valence-electron chi connectivity index (χ0n) is 8.32. The highest BCUT2D eigenvalue weighted by molar-refractivity contribution is 7.91. The summed E-state index contributed by atoms with van der Waals surface area (Å²) in [6, 6.07) is 0. The number of carboxylic acid groups (broad SMARTS) is 1. The minimum Gasteiger partial charge on any atom is -0.481 e. The molecular formula is C9H16O4S. The number of carboxylic acids is 1. The van der Waals surface area contributed by atoms with Crippen molar-refractivity contribution in [2.24, 2.45) is 5.41 Å². The van der Waals surface area contributed by atoms with E-state index < -0.39 is 21.2 Å². The maximum atomic E-state index is 11.2. The second-order valence-corrected chi connectivity index (χ2v) is 6.40. The molecule has 5 heteroatoms.